The quantitative estimate of drug-likeness (QED) is 0.558. The molecule has 0 radical (unpaired) electrons. The first-order chi connectivity index (χ1) is 6.97. The summed E-state index contributed by atoms with van der Waals surface area (Å²) in [6.45, 7) is 1.95. The molecule has 7 heteroatoms. The average Bonchev–Trinajstić information content (AvgIpc) is 2.18. The third-order valence-electron chi connectivity index (χ3n) is 1.80. The maximum absolute atomic E-state index is 11.5. The first kappa shape index (κ1) is 12.2. The summed E-state index contributed by atoms with van der Waals surface area (Å²) in [7, 11) is -5.20. The molecule has 0 aromatic heterocycles. The van der Waals surface area contributed by atoms with Gasteiger partial charge in [0.25, 0.3) is 0 Å². The summed E-state index contributed by atoms with van der Waals surface area (Å²) in [5.74, 6) is 0. The Labute approximate surface area is 89.0 Å². The molecule has 15 heavy (non-hydrogen) atoms. The van der Waals surface area contributed by atoms with Gasteiger partial charge in [-0.15, -0.1) is 0 Å². The van der Waals surface area contributed by atoms with E-state index in [2.05, 4.69) is 4.72 Å². The van der Waals surface area contributed by atoms with E-state index in [-0.39, 0.29) is 16.9 Å². The molecule has 1 aromatic carbocycles. The summed E-state index contributed by atoms with van der Waals surface area (Å²) in [5.41, 5.74) is 0.147. The molecule has 0 saturated heterocycles. The van der Waals surface area contributed by atoms with E-state index in [9.17, 15) is 8.42 Å². The van der Waals surface area contributed by atoms with Crippen LogP contribution >= 0.6 is 0 Å². The largest absolute Gasteiger partial charge is 0.488 e. The maximum atomic E-state index is 11.5. The molecule has 0 amide bonds. The van der Waals surface area contributed by atoms with Gasteiger partial charge in [0, 0.05) is 6.54 Å². The van der Waals surface area contributed by atoms with Crippen LogP contribution in [0.3, 0.4) is 0 Å². The van der Waals surface area contributed by atoms with E-state index in [1.807, 2.05) is 0 Å². The van der Waals surface area contributed by atoms with Gasteiger partial charge in [-0.3, -0.25) is 0 Å². The van der Waals surface area contributed by atoms with Crippen molar-refractivity contribution in [1.29, 1.82) is 0 Å². The molecule has 0 unspecified atom stereocenters. The molecule has 5 nitrogen and oxygen atoms in total. The molecule has 1 rings (SSSR count). The van der Waals surface area contributed by atoms with Gasteiger partial charge < -0.3 is 10.0 Å². The SMILES string of the molecule is CCNS(=O)(=O)c1cccc(B(O)O)c1. The van der Waals surface area contributed by atoms with Gasteiger partial charge in [0.15, 0.2) is 0 Å². The number of hydrogen-bond acceptors (Lipinski definition) is 4. The van der Waals surface area contributed by atoms with Crippen molar-refractivity contribution in [2.75, 3.05) is 6.54 Å². The first-order valence-corrected chi connectivity index (χ1v) is 5.91. The summed E-state index contributed by atoms with van der Waals surface area (Å²) in [5, 5.41) is 17.8. The highest BCUT2D eigenvalue weighted by Gasteiger charge is 2.16. The van der Waals surface area contributed by atoms with Gasteiger partial charge in [-0.05, 0) is 17.6 Å². The Morgan fingerprint density at radius 2 is 2.07 bits per heavy atom. The van der Waals surface area contributed by atoms with Crippen LogP contribution in [0.25, 0.3) is 0 Å². The minimum absolute atomic E-state index is 0.0231. The molecule has 0 bridgehead atoms. The third kappa shape index (κ3) is 3.03. The van der Waals surface area contributed by atoms with Crippen LogP contribution in [-0.2, 0) is 10.0 Å². The number of sulfonamides is 1. The Hall–Kier alpha value is -0.885. The molecule has 0 spiro atoms. The molecule has 0 heterocycles. The fourth-order valence-electron chi connectivity index (χ4n) is 1.12. The first-order valence-electron chi connectivity index (χ1n) is 4.43. The number of nitrogens with one attached hydrogen (secondary N) is 1. The van der Waals surface area contributed by atoms with Gasteiger partial charge >= 0.3 is 7.12 Å². The van der Waals surface area contributed by atoms with E-state index in [0.29, 0.717) is 0 Å². The summed E-state index contributed by atoms with van der Waals surface area (Å²) >= 11 is 0. The summed E-state index contributed by atoms with van der Waals surface area (Å²) in [6.07, 6.45) is 0. The second-order valence-electron chi connectivity index (χ2n) is 2.95. The van der Waals surface area contributed by atoms with Crippen molar-refractivity contribution in [2.24, 2.45) is 0 Å². The van der Waals surface area contributed by atoms with E-state index in [4.69, 9.17) is 10.0 Å². The molecular formula is C8H12BNO4S. The molecule has 0 atom stereocenters. The summed E-state index contributed by atoms with van der Waals surface area (Å²) in [6, 6.07) is 5.52. The normalized spacial score (nSPS) is 11.4. The van der Waals surface area contributed by atoms with Gasteiger partial charge in [0.05, 0.1) is 4.90 Å². The Kier molecular flexibility index (Phi) is 3.86. The topological polar surface area (TPSA) is 86.6 Å². The predicted molar refractivity (Wildman–Crippen MR) is 57.1 cm³/mol. The molecule has 0 saturated carbocycles. The lowest BCUT2D eigenvalue weighted by Crippen LogP contribution is -2.31. The van der Waals surface area contributed by atoms with Gasteiger partial charge in [-0.1, -0.05) is 19.1 Å². The molecule has 0 fully saturated rings. The third-order valence-corrected chi connectivity index (χ3v) is 3.34. The minimum atomic E-state index is -3.54. The molecule has 0 aliphatic rings. The van der Waals surface area contributed by atoms with Crippen LogP contribution in [-0.4, -0.2) is 32.1 Å². The Bertz CT molecular complexity index is 432. The molecule has 0 aliphatic carbocycles. The average molecular weight is 229 g/mol. The van der Waals surface area contributed by atoms with Gasteiger partial charge in [-0.25, -0.2) is 13.1 Å². The van der Waals surface area contributed by atoms with E-state index >= 15 is 0 Å². The van der Waals surface area contributed by atoms with Crippen molar-refractivity contribution < 1.29 is 18.5 Å². The standard InChI is InChI=1S/C8H12BNO4S/c1-2-10-15(13,14)8-5-3-4-7(6-8)9(11)12/h3-6,10-12H,2H2,1H3. The van der Waals surface area contributed by atoms with Crippen LogP contribution in [0, 0.1) is 0 Å². The summed E-state index contributed by atoms with van der Waals surface area (Å²) < 4.78 is 25.4. The Morgan fingerprint density at radius 1 is 1.40 bits per heavy atom. The molecule has 1 aromatic rings. The highest BCUT2D eigenvalue weighted by atomic mass is 32.2. The highest BCUT2D eigenvalue weighted by molar-refractivity contribution is 7.89. The van der Waals surface area contributed by atoms with Crippen molar-refractivity contribution in [3.8, 4) is 0 Å². The zero-order chi connectivity index (χ0) is 11.5. The van der Waals surface area contributed by atoms with Crippen LogP contribution in [0.2, 0.25) is 0 Å². The van der Waals surface area contributed by atoms with E-state index in [0.717, 1.165) is 0 Å². The van der Waals surface area contributed by atoms with Gasteiger partial charge in [-0.2, -0.15) is 0 Å². The van der Waals surface area contributed by atoms with E-state index in [1.165, 1.54) is 24.3 Å². The van der Waals surface area contributed by atoms with Crippen LogP contribution in [0.4, 0.5) is 0 Å². The van der Waals surface area contributed by atoms with Crippen LogP contribution in [0.15, 0.2) is 29.2 Å². The van der Waals surface area contributed by atoms with Crippen molar-refractivity contribution in [1.82, 2.24) is 4.72 Å². The minimum Gasteiger partial charge on any atom is -0.423 e. The fraction of sp³-hybridized carbons (Fsp3) is 0.250. The van der Waals surface area contributed by atoms with Gasteiger partial charge in [0.2, 0.25) is 10.0 Å². The fourth-order valence-corrected chi connectivity index (χ4v) is 2.21. The lowest BCUT2D eigenvalue weighted by molar-refractivity contribution is 0.425. The lowest BCUT2D eigenvalue weighted by Gasteiger charge is -2.06. The van der Waals surface area contributed by atoms with Crippen molar-refractivity contribution >= 4 is 22.6 Å². The van der Waals surface area contributed by atoms with Crippen molar-refractivity contribution in [3.05, 3.63) is 24.3 Å². The molecule has 82 valence electrons. The molecular weight excluding hydrogens is 217 g/mol. The predicted octanol–water partition coefficient (Wildman–Crippen LogP) is -1.34. The van der Waals surface area contributed by atoms with Crippen molar-refractivity contribution in [2.45, 2.75) is 11.8 Å². The van der Waals surface area contributed by atoms with E-state index in [1.54, 1.807) is 6.92 Å². The number of rotatable bonds is 4. The highest BCUT2D eigenvalue weighted by Crippen LogP contribution is 2.05. The smallest absolute Gasteiger partial charge is 0.423 e. The second-order valence-corrected chi connectivity index (χ2v) is 4.71. The number of benzene rings is 1. The van der Waals surface area contributed by atoms with Crippen LogP contribution in [0.1, 0.15) is 6.92 Å². The zero-order valence-corrected chi connectivity index (χ0v) is 9.03. The Morgan fingerprint density at radius 3 is 2.60 bits per heavy atom. The second kappa shape index (κ2) is 4.76. The Balaban J connectivity index is 3.11. The number of hydrogen-bond donors (Lipinski definition) is 3. The monoisotopic (exact) mass is 229 g/mol. The zero-order valence-electron chi connectivity index (χ0n) is 8.21. The van der Waals surface area contributed by atoms with Crippen LogP contribution in [0.5, 0.6) is 0 Å². The summed E-state index contributed by atoms with van der Waals surface area (Å²) in [4.78, 5) is 0.0231. The van der Waals surface area contributed by atoms with E-state index < -0.39 is 17.1 Å². The van der Waals surface area contributed by atoms with Crippen LogP contribution < -0.4 is 10.2 Å². The molecule has 3 N–H and O–H groups in total. The molecule has 0 aliphatic heterocycles. The lowest BCUT2D eigenvalue weighted by atomic mass is 9.81. The van der Waals surface area contributed by atoms with Crippen molar-refractivity contribution in [3.63, 3.8) is 0 Å². The maximum Gasteiger partial charge on any atom is 0.488 e. The van der Waals surface area contributed by atoms with Gasteiger partial charge in [0.1, 0.15) is 0 Å².